The second-order valence-corrected chi connectivity index (χ2v) is 4.13. The molecule has 0 aliphatic rings. The predicted molar refractivity (Wildman–Crippen MR) is 72.9 cm³/mol. The first-order valence-corrected chi connectivity index (χ1v) is 5.76. The van der Waals surface area contributed by atoms with Gasteiger partial charge in [-0.3, -0.25) is 14.9 Å². The Bertz CT molecular complexity index is 673. The predicted octanol–water partition coefficient (Wildman–Crippen LogP) is 3.31. The number of para-hydroxylation sites is 1. The second kappa shape index (κ2) is 5.48. The highest BCUT2D eigenvalue weighted by molar-refractivity contribution is 5.84. The molecule has 20 heavy (non-hydrogen) atoms. The minimum Gasteiger partial charge on any atom is -0.342 e. The monoisotopic (exact) mass is 274 g/mol. The van der Waals surface area contributed by atoms with Gasteiger partial charge in [0.15, 0.2) is 6.29 Å². The summed E-state index contributed by atoms with van der Waals surface area (Å²) in [6.45, 7) is 0. The van der Waals surface area contributed by atoms with Crippen molar-refractivity contribution < 1.29 is 14.1 Å². The van der Waals surface area contributed by atoms with Crippen molar-refractivity contribution >= 4 is 23.3 Å². The summed E-state index contributed by atoms with van der Waals surface area (Å²) in [5, 5.41) is 10.8. The van der Waals surface area contributed by atoms with Crippen LogP contribution >= 0.6 is 0 Å². The lowest BCUT2D eigenvalue weighted by Crippen LogP contribution is -2.11. The molecular weight excluding hydrogens is 263 g/mol. The molecule has 2 aromatic carbocycles. The third-order valence-corrected chi connectivity index (χ3v) is 2.94. The van der Waals surface area contributed by atoms with E-state index in [1.54, 1.807) is 25.2 Å². The minimum absolute atomic E-state index is 0.0457. The van der Waals surface area contributed by atoms with Crippen LogP contribution in [0.25, 0.3) is 0 Å². The quantitative estimate of drug-likeness (QED) is 0.487. The molecule has 0 fully saturated rings. The zero-order valence-corrected chi connectivity index (χ0v) is 10.6. The molecule has 0 saturated carbocycles. The third-order valence-electron chi connectivity index (χ3n) is 2.94. The smallest absolute Gasteiger partial charge is 0.280 e. The molecule has 2 aromatic rings. The number of aldehydes is 1. The van der Waals surface area contributed by atoms with Crippen molar-refractivity contribution in [2.75, 3.05) is 11.9 Å². The van der Waals surface area contributed by atoms with Crippen LogP contribution in [-0.4, -0.2) is 18.3 Å². The van der Waals surface area contributed by atoms with E-state index in [4.69, 9.17) is 0 Å². The van der Waals surface area contributed by atoms with Crippen molar-refractivity contribution in [1.29, 1.82) is 0 Å². The third kappa shape index (κ3) is 2.49. The number of rotatable bonds is 4. The molecule has 5 nitrogen and oxygen atoms in total. The van der Waals surface area contributed by atoms with Crippen LogP contribution in [0, 0.1) is 15.9 Å². The molecule has 0 spiro atoms. The number of halogens is 1. The van der Waals surface area contributed by atoms with Crippen LogP contribution in [0.5, 0.6) is 0 Å². The molecule has 0 atom stereocenters. The summed E-state index contributed by atoms with van der Waals surface area (Å²) in [7, 11) is 1.62. The summed E-state index contributed by atoms with van der Waals surface area (Å²) >= 11 is 0. The number of nitro groups is 1. The number of carbonyl (C=O) groups excluding carboxylic acids is 1. The molecule has 0 saturated heterocycles. The standard InChI is InChI=1S/C14H11FN2O3/c1-16(14-5-3-2-4-12(14)15)11-6-7-13(17(19)20)10(8-11)9-18/h2-9H,1H3. The van der Waals surface area contributed by atoms with Gasteiger partial charge in [-0.25, -0.2) is 4.39 Å². The van der Waals surface area contributed by atoms with Crippen molar-refractivity contribution in [3.63, 3.8) is 0 Å². The zero-order valence-electron chi connectivity index (χ0n) is 10.6. The van der Waals surface area contributed by atoms with Crippen LogP contribution in [-0.2, 0) is 0 Å². The summed E-state index contributed by atoms with van der Waals surface area (Å²) in [6.07, 6.45) is 0.414. The first kappa shape index (κ1) is 13.7. The van der Waals surface area contributed by atoms with Crippen LogP contribution in [0.2, 0.25) is 0 Å². The van der Waals surface area contributed by atoms with Crippen LogP contribution in [0.1, 0.15) is 10.4 Å². The van der Waals surface area contributed by atoms with Gasteiger partial charge in [-0.1, -0.05) is 12.1 Å². The summed E-state index contributed by atoms with van der Waals surface area (Å²) < 4.78 is 13.7. The molecule has 0 unspecified atom stereocenters. The molecule has 0 aromatic heterocycles. The number of hydrogen-bond donors (Lipinski definition) is 0. The Balaban J connectivity index is 2.46. The normalized spacial score (nSPS) is 10.1. The van der Waals surface area contributed by atoms with E-state index in [0.29, 0.717) is 17.7 Å². The molecule has 0 N–H and O–H groups in total. The van der Waals surface area contributed by atoms with E-state index in [-0.39, 0.29) is 11.3 Å². The van der Waals surface area contributed by atoms with Gasteiger partial charge in [0.05, 0.1) is 16.2 Å². The van der Waals surface area contributed by atoms with Gasteiger partial charge in [0, 0.05) is 18.8 Å². The maximum atomic E-state index is 13.7. The SMILES string of the molecule is CN(c1ccc([N+](=O)[O-])c(C=O)c1)c1ccccc1F. The molecular formula is C14H11FN2O3. The molecule has 0 heterocycles. The van der Waals surface area contributed by atoms with Crippen LogP contribution in [0.3, 0.4) is 0 Å². The van der Waals surface area contributed by atoms with E-state index in [1.807, 2.05) is 0 Å². The Morgan fingerprint density at radius 3 is 2.55 bits per heavy atom. The highest BCUT2D eigenvalue weighted by Gasteiger charge is 2.16. The van der Waals surface area contributed by atoms with Gasteiger partial charge < -0.3 is 4.90 Å². The van der Waals surface area contributed by atoms with Gasteiger partial charge in [0.2, 0.25) is 0 Å². The van der Waals surface area contributed by atoms with Crippen molar-refractivity contribution in [2.45, 2.75) is 0 Å². The largest absolute Gasteiger partial charge is 0.342 e. The zero-order chi connectivity index (χ0) is 14.7. The van der Waals surface area contributed by atoms with E-state index < -0.39 is 10.7 Å². The van der Waals surface area contributed by atoms with Gasteiger partial charge in [-0.2, -0.15) is 0 Å². The van der Waals surface area contributed by atoms with E-state index >= 15 is 0 Å². The molecule has 0 aliphatic heterocycles. The van der Waals surface area contributed by atoms with E-state index in [9.17, 15) is 19.3 Å². The number of hydrogen-bond acceptors (Lipinski definition) is 4. The van der Waals surface area contributed by atoms with Crippen LogP contribution in [0.4, 0.5) is 21.5 Å². The lowest BCUT2D eigenvalue weighted by Gasteiger charge is -2.20. The van der Waals surface area contributed by atoms with Crippen molar-refractivity contribution in [3.05, 3.63) is 64.0 Å². The fraction of sp³-hybridized carbons (Fsp3) is 0.0714. The first-order valence-electron chi connectivity index (χ1n) is 5.76. The number of carbonyl (C=O) groups is 1. The molecule has 2 rings (SSSR count). The number of nitrogens with zero attached hydrogens (tertiary/aromatic N) is 2. The summed E-state index contributed by atoms with van der Waals surface area (Å²) in [5.41, 5.74) is 0.488. The fourth-order valence-corrected chi connectivity index (χ4v) is 1.87. The highest BCUT2D eigenvalue weighted by Crippen LogP contribution is 2.29. The second-order valence-electron chi connectivity index (χ2n) is 4.13. The minimum atomic E-state index is -0.628. The molecule has 0 radical (unpaired) electrons. The first-order chi connectivity index (χ1) is 9.54. The van der Waals surface area contributed by atoms with Gasteiger partial charge in [-0.15, -0.1) is 0 Å². The Morgan fingerprint density at radius 2 is 1.95 bits per heavy atom. The van der Waals surface area contributed by atoms with Crippen molar-refractivity contribution in [2.24, 2.45) is 0 Å². The maximum absolute atomic E-state index is 13.7. The van der Waals surface area contributed by atoms with Crippen molar-refractivity contribution in [3.8, 4) is 0 Å². The van der Waals surface area contributed by atoms with E-state index in [2.05, 4.69) is 0 Å². The Kier molecular flexibility index (Phi) is 3.74. The average Bonchev–Trinajstić information content (AvgIpc) is 2.46. The van der Waals surface area contributed by atoms with Crippen LogP contribution in [0.15, 0.2) is 42.5 Å². The topological polar surface area (TPSA) is 63.4 Å². The lowest BCUT2D eigenvalue weighted by atomic mass is 10.1. The average molecular weight is 274 g/mol. The highest BCUT2D eigenvalue weighted by atomic mass is 19.1. The van der Waals surface area contributed by atoms with Gasteiger partial charge in [0.25, 0.3) is 5.69 Å². The molecule has 0 amide bonds. The molecule has 102 valence electrons. The van der Waals surface area contributed by atoms with Gasteiger partial charge in [0.1, 0.15) is 5.82 Å². The molecule has 0 bridgehead atoms. The van der Waals surface area contributed by atoms with Gasteiger partial charge >= 0.3 is 0 Å². The number of anilines is 2. The number of benzene rings is 2. The number of nitro benzene ring substituents is 1. The Morgan fingerprint density at radius 1 is 1.25 bits per heavy atom. The lowest BCUT2D eigenvalue weighted by molar-refractivity contribution is -0.385. The summed E-state index contributed by atoms with van der Waals surface area (Å²) in [6, 6.07) is 10.2. The van der Waals surface area contributed by atoms with Crippen molar-refractivity contribution in [1.82, 2.24) is 0 Å². The van der Waals surface area contributed by atoms with Gasteiger partial charge in [-0.05, 0) is 24.3 Å². The Labute approximate surface area is 114 Å². The fourth-order valence-electron chi connectivity index (χ4n) is 1.87. The maximum Gasteiger partial charge on any atom is 0.280 e. The van der Waals surface area contributed by atoms with E-state index in [0.717, 1.165) is 0 Å². The summed E-state index contributed by atoms with van der Waals surface area (Å²) in [4.78, 5) is 22.6. The van der Waals surface area contributed by atoms with E-state index in [1.165, 1.54) is 29.2 Å². The summed E-state index contributed by atoms with van der Waals surface area (Å²) in [5.74, 6) is -0.416. The molecule has 6 heteroatoms. The molecule has 0 aliphatic carbocycles. The Hall–Kier alpha value is -2.76. The van der Waals surface area contributed by atoms with Crippen LogP contribution < -0.4 is 4.90 Å².